The normalized spacial score (nSPS) is 11.4. The number of methoxy groups -OCH3 is 1. The van der Waals surface area contributed by atoms with Crippen LogP contribution in [0.4, 0.5) is 0 Å². The Kier molecular flexibility index (Phi) is 6.04. The smallest absolute Gasteiger partial charge is 0.191 e. The van der Waals surface area contributed by atoms with Gasteiger partial charge in [0.05, 0.1) is 25.9 Å². The third-order valence-electron chi connectivity index (χ3n) is 4.08. The highest BCUT2D eigenvalue weighted by atomic mass is 16.5. The van der Waals surface area contributed by atoms with Crippen LogP contribution in [-0.2, 0) is 13.1 Å². The first-order valence-electron chi connectivity index (χ1n) is 8.78. The molecule has 2 aromatic carbocycles. The minimum atomic E-state index is 0.579. The number of nitrogens with zero attached hydrogens (tertiary/aromatic N) is 2. The van der Waals surface area contributed by atoms with E-state index in [9.17, 15) is 0 Å². The summed E-state index contributed by atoms with van der Waals surface area (Å²) in [5.74, 6) is 1.61. The Morgan fingerprint density at radius 2 is 1.96 bits per heavy atom. The van der Waals surface area contributed by atoms with Crippen molar-refractivity contribution in [3.8, 4) is 5.75 Å². The van der Waals surface area contributed by atoms with E-state index < -0.39 is 0 Å². The number of nitrogens with one attached hydrogen (secondary N) is 2. The molecule has 5 heteroatoms. The minimum absolute atomic E-state index is 0.579. The molecule has 2 N–H and O–H groups in total. The summed E-state index contributed by atoms with van der Waals surface area (Å²) >= 11 is 0. The largest absolute Gasteiger partial charge is 0.497 e. The standard InChI is InChI=1S/C21H24N4O/c1-3-22-21(24-14-16-7-6-9-18(13-16)26-2)25-15-20-19-10-5-4-8-17(19)11-12-23-20/h4-13H,3,14-15H2,1-2H3,(H2,22,24,25). The van der Waals surface area contributed by atoms with Gasteiger partial charge in [0.25, 0.3) is 0 Å². The van der Waals surface area contributed by atoms with Crippen LogP contribution < -0.4 is 15.4 Å². The van der Waals surface area contributed by atoms with Crippen LogP contribution in [0.5, 0.6) is 5.75 Å². The minimum Gasteiger partial charge on any atom is -0.497 e. The van der Waals surface area contributed by atoms with Gasteiger partial charge in [-0.25, -0.2) is 4.99 Å². The lowest BCUT2D eigenvalue weighted by Gasteiger charge is -2.12. The molecule has 1 heterocycles. The van der Waals surface area contributed by atoms with Gasteiger partial charge >= 0.3 is 0 Å². The lowest BCUT2D eigenvalue weighted by atomic mass is 10.1. The van der Waals surface area contributed by atoms with E-state index >= 15 is 0 Å². The topological polar surface area (TPSA) is 58.5 Å². The predicted molar refractivity (Wildman–Crippen MR) is 106 cm³/mol. The molecule has 0 fully saturated rings. The van der Waals surface area contributed by atoms with Crippen LogP contribution in [0.15, 0.2) is 65.8 Å². The molecule has 0 atom stereocenters. The molecule has 0 aliphatic heterocycles. The number of fused-ring (bicyclic) bond motifs is 1. The number of guanidine groups is 1. The Bertz CT molecular complexity index is 887. The number of pyridine rings is 1. The molecule has 26 heavy (non-hydrogen) atoms. The fourth-order valence-electron chi connectivity index (χ4n) is 2.77. The molecule has 0 radical (unpaired) electrons. The summed E-state index contributed by atoms with van der Waals surface area (Å²) in [4.78, 5) is 9.18. The molecule has 5 nitrogen and oxygen atoms in total. The van der Waals surface area contributed by atoms with Crippen LogP contribution in [0.2, 0.25) is 0 Å². The number of aromatic nitrogens is 1. The van der Waals surface area contributed by atoms with Crippen molar-refractivity contribution in [2.45, 2.75) is 20.0 Å². The molecule has 3 rings (SSSR count). The molecule has 1 aromatic heterocycles. The van der Waals surface area contributed by atoms with Crippen LogP contribution in [0.25, 0.3) is 10.8 Å². The maximum atomic E-state index is 5.27. The zero-order valence-electron chi connectivity index (χ0n) is 15.2. The van der Waals surface area contributed by atoms with Crippen LogP contribution in [0, 0.1) is 0 Å². The van der Waals surface area contributed by atoms with Gasteiger partial charge in [-0.3, -0.25) is 4.98 Å². The monoisotopic (exact) mass is 348 g/mol. The van der Waals surface area contributed by atoms with Gasteiger partial charge in [-0.15, -0.1) is 0 Å². The van der Waals surface area contributed by atoms with E-state index in [0.717, 1.165) is 34.9 Å². The van der Waals surface area contributed by atoms with E-state index in [1.54, 1.807) is 7.11 Å². The third-order valence-corrected chi connectivity index (χ3v) is 4.08. The van der Waals surface area contributed by atoms with Gasteiger partial charge in [0, 0.05) is 18.1 Å². The van der Waals surface area contributed by atoms with E-state index in [1.807, 2.05) is 48.7 Å². The summed E-state index contributed by atoms with van der Waals surface area (Å²) in [5, 5.41) is 9.00. The highest BCUT2D eigenvalue weighted by Crippen LogP contribution is 2.16. The molecular formula is C21H24N4O. The molecule has 0 saturated heterocycles. The van der Waals surface area contributed by atoms with Gasteiger partial charge in [-0.1, -0.05) is 36.4 Å². The second-order valence-electron chi connectivity index (χ2n) is 5.88. The molecular weight excluding hydrogens is 324 g/mol. The Hall–Kier alpha value is -3.08. The number of ether oxygens (including phenoxy) is 1. The first kappa shape index (κ1) is 17.7. The molecule has 0 unspecified atom stereocenters. The van der Waals surface area contributed by atoms with Gasteiger partial charge in [0.15, 0.2) is 5.96 Å². The summed E-state index contributed by atoms with van der Waals surface area (Å²) in [6.45, 7) is 4.05. The summed E-state index contributed by atoms with van der Waals surface area (Å²) < 4.78 is 5.27. The summed E-state index contributed by atoms with van der Waals surface area (Å²) in [5.41, 5.74) is 2.11. The molecule has 0 aliphatic rings. The van der Waals surface area contributed by atoms with Crippen molar-refractivity contribution >= 4 is 16.7 Å². The van der Waals surface area contributed by atoms with E-state index in [0.29, 0.717) is 13.1 Å². The highest BCUT2D eigenvalue weighted by Gasteiger charge is 2.04. The van der Waals surface area contributed by atoms with Crippen LogP contribution in [-0.4, -0.2) is 24.6 Å². The maximum absolute atomic E-state index is 5.27. The van der Waals surface area contributed by atoms with Crippen molar-refractivity contribution in [3.63, 3.8) is 0 Å². The van der Waals surface area contributed by atoms with Gasteiger partial charge in [0.1, 0.15) is 5.75 Å². The fraction of sp³-hybridized carbons (Fsp3) is 0.238. The van der Waals surface area contributed by atoms with Crippen molar-refractivity contribution in [1.82, 2.24) is 15.6 Å². The molecule has 0 bridgehead atoms. The Morgan fingerprint density at radius 1 is 1.08 bits per heavy atom. The number of hydrogen-bond acceptors (Lipinski definition) is 3. The molecule has 0 spiro atoms. The van der Waals surface area contributed by atoms with E-state index in [1.165, 1.54) is 5.39 Å². The van der Waals surface area contributed by atoms with Crippen molar-refractivity contribution in [1.29, 1.82) is 0 Å². The zero-order chi connectivity index (χ0) is 18.2. The first-order valence-corrected chi connectivity index (χ1v) is 8.78. The van der Waals surface area contributed by atoms with E-state index in [4.69, 9.17) is 4.74 Å². The highest BCUT2D eigenvalue weighted by molar-refractivity contribution is 5.85. The summed E-state index contributed by atoms with van der Waals surface area (Å²) in [7, 11) is 1.67. The quantitative estimate of drug-likeness (QED) is 0.529. The van der Waals surface area contributed by atoms with Gasteiger partial charge in [-0.2, -0.15) is 0 Å². The maximum Gasteiger partial charge on any atom is 0.191 e. The third kappa shape index (κ3) is 4.51. The lowest BCUT2D eigenvalue weighted by Crippen LogP contribution is -2.37. The van der Waals surface area contributed by atoms with Crippen molar-refractivity contribution in [3.05, 3.63) is 72.1 Å². The van der Waals surface area contributed by atoms with Gasteiger partial charge < -0.3 is 15.4 Å². The number of benzene rings is 2. The number of hydrogen-bond donors (Lipinski definition) is 2. The predicted octanol–water partition coefficient (Wildman–Crippen LogP) is 3.50. The van der Waals surface area contributed by atoms with Gasteiger partial charge in [0.2, 0.25) is 0 Å². The Labute approximate surface area is 154 Å². The second-order valence-corrected chi connectivity index (χ2v) is 5.88. The Balaban J connectivity index is 1.71. The number of aliphatic imine (C=N–C) groups is 1. The summed E-state index contributed by atoms with van der Waals surface area (Å²) in [6, 6.07) is 18.3. The zero-order valence-corrected chi connectivity index (χ0v) is 15.2. The molecule has 0 aliphatic carbocycles. The van der Waals surface area contributed by atoms with Crippen molar-refractivity contribution < 1.29 is 4.74 Å². The SMILES string of the molecule is CCNC(=NCc1cccc(OC)c1)NCc1nccc2ccccc12. The number of rotatable bonds is 6. The van der Waals surface area contributed by atoms with E-state index in [2.05, 4.69) is 39.7 Å². The molecule has 3 aromatic rings. The fourth-order valence-corrected chi connectivity index (χ4v) is 2.77. The molecule has 134 valence electrons. The molecule has 0 saturated carbocycles. The van der Waals surface area contributed by atoms with Gasteiger partial charge in [-0.05, 0) is 36.1 Å². The molecule has 0 amide bonds. The average Bonchev–Trinajstić information content (AvgIpc) is 2.70. The van der Waals surface area contributed by atoms with Crippen LogP contribution in [0.1, 0.15) is 18.2 Å². The lowest BCUT2D eigenvalue weighted by molar-refractivity contribution is 0.414. The summed E-state index contributed by atoms with van der Waals surface area (Å²) in [6.07, 6.45) is 1.85. The van der Waals surface area contributed by atoms with Crippen molar-refractivity contribution in [2.75, 3.05) is 13.7 Å². The van der Waals surface area contributed by atoms with Crippen LogP contribution in [0.3, 0.4) is 0 Å². The van der Waals surface area contributed by atoms with E-state index in [-0.39, 0.29) is 0 Å². The van der Waals surface area contributed by atoms with Crippen LogP contribution >= 0.6 is 0 Å². The average molecular weight is 348 g/mol. The first-order chi connectivity index (χ1) is 12.8. The van der Waals surface area contributed by atoms with Crippen molar-refractivity contribution in [2.24, 2.45) is 4.99 Å². The Morgan fingerprint density at radius 3 is 2.81 bits per heavy atom. The second kappa shape index (κ2) is 8.85.